The summed E-state index contributed by atoms with van der Waals surface area (Å²) in [5.41, 5.74) is 3.06. The third-order valence-corrected chi connectivity index (χ3v) is 6.36. The maximum absolute atomic E-state index is 13.5. The highest BCUT2D eigenvalue weighted by molar-refractivity contribution is 5.89. The zero-order valence-corrected chi connectivity index (χ0v) is 18.9. The molecule has 4 rings (SSSR count). The summed E-state index contributed by atoms with van der Waals surface area (Å²) < 4.78 is 13.4. The van der Waals surface area contributed by atoms with Crippen LogP contribution in [0.2, 0.25) is 0 Å². The Kier molecular flexibility index (Phi) is 6.54. The van der Waals surface area contributed by atoms with E-state index in [2.05, 4.69) is 10.3 Å². The van der Waals surface area contributed by atoms with Crippen molar-refractivity contribution in [1.29, 1.82) is 0 Å². The fourth-order valence-electron chi connectivity index (χ4n) is 4.40. The van der Waals surface area contributed by atoms with Crippen LogP contribution in [0.1, 0.15) is 25.0 Å². The molecule has 2 aromatic carbocycles. The van der Waals surface area contributed by atoms with Gasteiger partial charge in [-0.05, 0) is 66.8 Å². The monoisotopic (exact) mass is 445 g/mol. The van der Waals surface area contributed by atoms with Gasteiger partial charge in [-0.2, -0.15) is 0 Å². The largest absolute Gasteiger partial charge is 0.354 e. The molecular weight excluding hydrogens is 417 g/mol. The van der Waals surface area contributed by atoms with Crippen LogP contribution in [-0.4, -0.2) is 41.3 Å². The van der Waals surface area contributed by atoms with Crippen molar-refractivity contribution in [2.24, 2.45) is 5.92 Å². The summed E-state index contributed by atoms with van der Waals surface area (Å²) in [6, 6.07) is 18.0. The maximum Gasteiger partial charge on any atom is 0.232 e. The van der Waals surface area contributed by atoms with Crippen molar-refractivity contribution < 1.29 is 14.0 Å². The number of amides is 2. The second-order valence-electron chi connectivity index (χ2n) is 8.97. The highest BCUT2D eigenvalue weighted by Crippen LogP contribution is 2.29. The Bertz CT molecular complexity index is 1130. The number of halogens is 1. The Labute approximate surface area is 193 Å². The molecule has 2 heterocycles. The molecule has 3 aromatic rings. The molecule has 0 spiro atoms. The molecule has 1 unspecified atom stereocenters. The number of rotatable bonds is 5. The van der Waals surface area contributed by atoms with Gasteiger partial charge in [0.15, 0.2) is 0 Å². The second kappa shape index (κ2) is 9.53. The molecular formula is C27H28FN3O2. The van der Waals surface area contributed by atoms with Crippen LogP contribution in [0.3, 0.4) is 0 Å². The Morgan fingerprint density at radius 2 is 1.79 bits per heavy atom. The van der Waals surface area contributed by atoms with Crippen molar-refractivity contribution in [2.75, 3.05) is 19.6 Å². The smallest absolute Gasteiger partial charge is 0.232 e. The van der Waals surface area contributed by atoms with E-state index in [-0.39, 0.29) is 23.5 Å². The molecule has 0 radical (unpaired) electrons. The summed E-state index contributed by atoms with van der Waals surface area (Å²) in [7, 11) is 0. The van der Waals surface area contributed by atoms with Gasteiger partial charge in [0.1, 0.15) is 5.82 Å². The first-order valence-corrected chi connectivity index (χ1v) is 11.2. The summed E-state index contributed by atoms with van der Waals surface area (Å²) in [5.74, 6) is -0.824. The van der Waals surface area contributed by atoms with Crippen LogP contribution in [-0.2, 0) is 21.4 Å². The maximum atomic E-state index is 13.5. The summed E-state index contributed by atoms with van der Waals surface area (Å²) in [5, 5.41) is 2.97. The Balaban J connectivity index is 1.57. The van der Waals surface area contributed by atoms with E-state index >= 15 is 0 Å². The first-order chi connectivity index (χ1) is 15.9. The molecule has 1 N–H and O–H groups in total. The average molecular weight is 446 g/mol. The van der Waals surface area contributed by atoms with Gasteiger partial charge in [-0.15, -0.1) is 0 Å². The van der Waals surface area contributed by atoms with E-state index in [1.165, 1.54) is 12.1 Å². The zero-order valence-electron chi connectivity index (χ0n) is 18.9. The van der Waals surface area contributed by atoms with Crippen LogP contribution in [0.5, 0.6) is 0 Å². The molecule has 1 aromatic heterocycles. The molecule has 1 fully saturated rings. The highest BCUT2D eigenvalue weighted by atomic mass is 19.1. The SMILES string of the molecule is CC(C)(C(=O)N1CCNC(=O)C(Cc2ccccc2-c2ccncc2)C1)c1ccc(F)cc1. The van der Waals surface area contributed by atoms with Crippen LogP contribution >= 0.6 is 0 Å². The van der Waals surface area contributed by atoms with Gasteiger partial charge < -0.3 is 10.2 Å². The third-order valence-electron chi connectivity index (χ3n) is 6.36. The number of hydrogen-bond acceptors (Lipinski definition) is 3. The van der Waals surface area contributed by atoms with Crippen molar-refractivity contribution in [3.8, 4) is 11.1 Å². The predicted molar refractivity (Wildman–Crippen MR) is 126 cm³/mol. The van der Waals surface area contributed by atoms with Crippen LogP contribution < -0.4 is 5.32 Å². The third kappa shape index (κ3) is 4.95. The number of hydrogen-bond donors (Lipinski definition) is 1. The normalized spacial score (nSPS) is 16.8. The van der Waals surface area contributed by atoms with Crippen LogP contribution in [0.4, 0.5) is 4.39 Å². The molecule has 1 aliphatic heterocycles. The number of carbonyl (C=O) groups excluding carboxylic acids is 2. The van der Waals surface area contributed by atoms with E-state index in [1.54, 1.807) is 29.4 Å². The molecule has 33 heavy (non-hydrogen) atoms. The number of aromatic nitrogens is 1. The van der Waals surface area contributed by atoms with Crippen molar-refractivity contribution in [3.05, 3.63) is 90.0 Å². The van der Waals surface area contributed by atoms with Crippen LogP contribution in [0.25, 0.3) is 11.1 Å². The fraction of sp³-hybridized carbons (Fsp3) is 0.296. The van der Waals surface area contributed by atoms with E-state index in [9.17, 15) is 14.0 Å². The molecule has 1 saturated heterocycles. The minimum Gasteiger partial charge on any atom is -0.354 e. The fourth-order valence-corrected chi connectivity index (χ4v) is 4.40. The first kappa shape index (κ1) is 22.6. The summed E-state index contributed by atoms with van der Waals surface area (Å²) in [6.07, 6.45) is 4.02. The van der Waals surface area contributed by atoms with Crippen molar-refractivity contribution >= 4 is 11.8 Å². The van der Waals surface area contributed by atoms with Crippen LogP contribution in [0, 0.1) is 11.7 Å². The van der Waals surface area contributed by atoms with Crippen molar-refractivity contribution in [3.63, 3.8) is 0 Å². The molecule has 0 bridgehead atoms. The molecule has 0 aliphatic carbocycles. The minimum absolute atomic E-state index is 0.0468. The number of pyridine rings is 1. The summed E-state index contributed by atoms with van der Waals surface area (Å²) in [6.45, 7) is 4.87. The highest BCUT2D eigenvalue weighted by Gasteiger charge is 2.37. The molecule has 170 valence electrons. The quantitative estimate of drug-likeness (QED) is 0.646. The van der Waals surface area contributed by atoms with Crippen molar-refractivity contribution in [1.82, 2.24) is 15.2 Å². The minimum atomic E-state index is -0.833. The zero-order chi connectivity index (χ0) is 23.4. The second-order valence-corrected chi connectivity index (χ2v) is 8.97. The topological polar surface area (TPSA) is 62.3 Å². The van der Waals surface area contributed by atoms with Crippen LogP contribution in [0.15, 0.2) is 73.1 Å². The van der Waals surface area contributed by atoms with E-state index in [4.69, 9.17) is 0 Å². The average Bonchev–Trinajstić information content (AvgIpc) is 3.01. The lowest BCUT2D eigenvalue weighted by molar-refractivity contribution is -0.137. The molecule has 1 aliphatic rings. The van der Waals surface area contributed by atoms with Gasteiger partial charge in [-0.3, -0.25) is 14.6 Å². The molecule has 2 amide bonds. The lowest BCUT2D eigenvalue weighted by Crippen LogP contribution is -2.46. The van der Waals surface area contributed by atoms with Gasteiger partial charge in [0.25, 0.3) is 0 Å². The Hall–Kier alpha value is -3.54. The number of benzene rings is 2. The van der Waals surface area contributed by atoms with Gasteiger partial charge in [0.2, 0.25) is 11.8 Å². The van der Waals surface area contributed by atoms with Crippen molar-refractivity contribution in [2.45, 2.75) is 25.7 Å². The van der Waals surface area contributed by atoms with Gasteiger partial charge in [-0.1, -0.05) is 36.4 Å². The lowest BCUT2D eigenvalue weighted by atomic mass is 9.82. The van der Waals surface area contributed by atoms with Gasteiger partial charge in [0, 0.05) is 32.0 Å². The summed E-state index contributed by atoms with van der Waals surface area (Å²) in [4.78, 5) is 32.3. The number of nitrogens with zero attached hydrogens (tertiary/aromatic N) is 2. The molecule has 5 nitrogen and oxygen atoms in total. The summed E-state index contributed by atoms with van der Waals surface area (Å²) >= 11 is 0. The number of nitrogens with one attached hydrogen (secondary N) is 1. The van der Waals surface area contributed by atoms with Gasteiger partial charge in [-0.25, -0.2) is 4.39 Å². The molecule has 0 saturated carbocycles. The number of carbonyl (C=O) groups is 2. The lowest BCUT2D eigenvalue weighted by Gasteiger charge is -2.32. The van der Waals surface area contributed by atoms with Gasteiger partial charge >= 0.3 is 0 Å². The molecule has 6 heteroatoms. The predicted octanol–water partition coefficient (Wildman–Crippen LogP) is 3.98. The Morgan fingerprint density at radius 1 is 1.09 bits per heavy atom. The van der Waals surface area contributed by atoms with E-state index < -0.39 is 5.41 Å². The van der Waals surface area contributed by atoms with E-state index in [1.807, 2.05) is 50.2 Å². The van der Waals surface area contributed by atoms with E-state index in [0.717, 1.165) is 22.3 Å². The van der Waals surface area contributed by atoms with Gasteiger partial charge in [0.05, 0.1) is 11.3 Å². The standard InChI is InChI=1S/C27H28FN3O2/c1-27(2,22-7-9-23(28)10-8-22)26(33)31-16-15-30-25(32)21(18-31)17-20-5-3-4-6-24(20)19-11-13-29-14-12-19/h3-14,21H,15-18H2,1-2H3,(H,30,32). The van der Waals surface area contributed by atoms with E-state index in [0.29, 0.717) is 26.1 Å². The Morgan fingerprint density at radius 3 is 2.52 bits per heavy atom. The first-order valence-electron chi connectivity index (χ1n) is 11.2. The molecule has 1 atom stereocenters.